The molecule has 1 nitrogen and oxygen atoms in total. The Labute approximate surface area is 111 Å². The predicted octanol–water partition coefficient (Wildman–Crippen LogP) is 4.09. The summed E-state index contributed by atoms with van der Waals surface area (Å²) in [6.07, 6.45) is 0. The van der Waals surface area contributed by atoms with Crippen LogP contribution in [-0.4, -0.2) is 0 Å². The molecule has 0 spiro atoms. The second-order valence-corrected chi connectivity index (χ2v) is 5.19. The molecule has 2 aromatic rings. The Morgan fingerprint density at radius 3 is 2.65 bits per heavy atom. The minimum Gasteiger partial charge on any atom is -0.326 e. The Balaban J connectivity index is 2.05. The van der Waals surface area contributed by atoms with E-state index in [2.05, 4.69) is 18.2 Å². The summed E-state index contributed by atoms with van der Waals surface area (Å²) < 4.78 is 0. The fourth-order valence-corrected chi connectivity index (χ4v) is 2.80. The maximum Gasteiger partial charge on any atom is 0.0446 e. The second-order valence-electron chi connectivity index (χ2n) is 3.73. The molecular formula is C14H14ClNS. The summed E-state index contributed by atoms with van der Waals surface area (Å²) >= 11 is 7.89. The first kappa shape index (κ1) is 12.5. The third kappa shape index (κ3) is 3.50. The van der Waals surface area contributed by atoms with Crippen molar-refractivity contribution < 1.29 is 0 Å². The van der Waals surface area contributed by atoms with Crippen LogP contribution in [0.15, 0.2) is 53.4 Å². The zero-order valence-electron chi connectivity index (χ0n) is 9.40. The normalized spacial score (nSPS) is 10.5. The summed E-state index contributed by atoms with van der Waals surface area (Å²) in [6, 6.07) is 16.2. The molecule has 2 N–H and O–H groups in total. The molecule has 0 atom stereocenters. The number of hydrogen-bond donors (Lipinski definition) is 1. The third-order valence-electron chi connectivity index (χ3n) is 2.49. The lowest BCUT2D eigenvalue weighted by atomic mass is 10.2. The molecule has 0 aromatic heterocycles. The van der Waals surface area contributed by atoms with E-state index in [1.54, 1.807) is 11.8 Å². The van der Waals surface area contributed by atoms with Crippen molar-refractivity contribution >= 4 is 23.4 Å². The fourth-order valence-electron chi connectivity index (χ4n) is 1.54. The lowest BCUT2D eigenvalue weighted by molar-refractivity contribution is 1.06. The van der Waals surface area contributed by atoms with E-state index in [1.165, 1.54) is 4.90 Å². The van der Waals surface area contributed by atoms with Crippen molar-refractivity contribution in [1.29, 1.82) is 0 Å². The first-order chi connectivity index (χ1) is 8.29. The molecule has 88 valence electrons. The van der Waals surface area contributed by atoms with Gasteiger partial charge < -0.3 is 5.73 Å². The molecular weight excluding hydrogens is 250 g/mol. The number of thioether (sulfide) groups is 1. The summed E-state index contributed by atoms with van der Waals surface area (Å²) in [6.45, 7) is 0.584. The van der Waals surface area contributed by atoms with Gasteiger partial charge in [-0.25, -0.2) is 0 Å². The molecule has 2 aromatic carbocycles. The Kier molecular flexibility index (Phi) is 4.49. The topological polar surface area (TPSA) is 26.0 Å². The lowest BCUT2D eigenvalue weighted by Gasteiger charge is -2.05. The second kappa shape index (κ2) is 6.10. The number of halogens is 1. The van der Waals surface area contributed by atoms with E-state index >= 15 is 0 Å². The monoisotopic (exact) mass is 263 g/mol. The van der Waals surface area contributed by atoms with E-state index in [9.17, 15) is 0 Å². The molecule has 0 aliphatic carbocycles. The summed E-state index contributed by atoms with van der Waals surface area (Å²) in [4.78, 5) is 1.23. The van der Waals surface area contributed by atoms with E-state index in [0.29, 0.717) is 6.54 Å². The summed E-state index contributed by atoms with van der Waals surface area (Å²) in [5.41, 5.74) is 7.95. The van der Waals surface area contributed by atoms with Gasteiger partial charge in [-0.05, 0) is 29.3 Å². The number of benzene rings is 2. The molecule has 0 unspecified atom stereocenters. The van der Waals surface area contributed by atoms with E-state index in [-0.39, 0.29) is 0 Å². The van der Waals surface area contributed by atoms with Gasteiger partial charge in [0.05, 0.1) is 0 Å². The third-order valence-corrected chi connectivity index (χ3v) is 3.90. The van der Waals surface area contributed by atoms with Crippen molar-refractivity contribution in [2.24, 2.45) is 5.73 Å². The van der Waals surface area contributed by atoms with E-state index in [4.69, 9.17) is 17.3 Å². The number of rotatable bonds is 4. The van der Waals surface area contributed by atoms with Gasteiger partial charge in [0, 0.05) is 22.2 Å². The van der Waals surface area contributed by atoms with Gasteiger partial charge in [0.1, 0.15) is 0 Å². The van der Waals surface area contributed by atoms with Crippen LogP contribution in [0.2, 0.25) is 5.02 Å². The van der Waals surface area contributed by atoms with E-state index in [0.717, 1.165) is 21.9 Å². The maximum absolute atomic E-state index is 6.12. The van der Waals surface area contributed by atoms with Crippen molar-refractivity contribution in [3.05, 3.63) is 64.7 Å². The molecule has 0 bridgehead atoms. The first-order valence-electron chi connectivity index (χ1n) is 5.45. The molecule has 0 fully saturated rings. The zero-order chi connectivity index (χ0) is 12.1. The van der Waals surface area contributed by atoms with Gasteiger partial charge in [-0.15, -0.1) is 11.8 Å². The van der Waals surface area contributed by atoms with Gasteiger partial charge in [-0.3, -0.25) is 0 Å². The van der Waals surface area contributed by atoms with Gasteiger partial charge in [0.25, 0.3) is 0 Å². The molecule has 0 saturated heterocycles. The Hall–Kier alpha value is -0.960. The summed E-state index contributed by atoms with van der Waals surface area (Å²) in [7, 11) is 0. The van der Waals surface area contributed by atoms with Crippen LogP contribution < -0.4 is 5.73 Å². The molecule has 0 saturated carbocycles. The molecule has 0 aliphatic heterocycles. The van der Waals surface area contributed by atoms with Crippen LogP contribution >= 0.6 is 23.4 Å². The largest absolute Gasteiger partial charge is 0.326 e. The van der Waals surface area contributed by atoms with Crippen LogP contribution in [0.5, 0.6) is 0 Å². The highest BCUT2D eigenvalue weighted by Crippen LogP contribution is 2.26. The highest BCUT2D eigenvalue weighted by molar-refractivity contribution is 7.98. The molecule has 0 radical (unpaired) electrons. The minimum absolute atomic E-state index is 0.584. The number of nitrogens with two attached hydrogens (primary N) is 1. The SMILES string of the molecule is NCc1cccc(SCc2ccccc2Cl)c1. The maximum atomic E-state index is 6.12. The lowest BCUT2D eigenvalue weighted by Crippen LogP contribution is -1.95. The van der Waals surface area contributed by atoms with Crippen LogP contribution in [0.25, 0.3) is 0 Å². The predicted molar refractivity (Wildman–Crippen MR) is 75.3 cm³/mol. The quantitative estimate of drug-likeness (QED) is 0.841. The number of hydrogen-bond acceptors (Lipinski definition) is 2. The molecule has 17 heavy (non-hydrogen) atoms. The van der Waals surface area contributed by atoms with Crippen LogP contribution in [0, 0.1) is 0 Å². The fraction of sp³-hybridized carbons (Fsp3) is 0.143. The smallest absolute Gasteiger partial charge is 0.0446 e. The molecule has 2 rings (SSSR count). The summed E-state index contributed by atoms with van der Waals surface area (Å²) in [5.74, 6) is 0.883. The Bertz CT molecular complexity index is 499. The zero-order valence-corrected chi connectivity index (χ0v) is 11.0. The average Bonchev–Trinajstić information content (AvgIpc) is 2.38. The van der Waals surface area contributed by atoms with Crippen molar-refractivity contribution in [1.82, 2.24) is 0 Å². The summed E-state index contributed by atoms with van der Waals surface area (Å²) in [5, 5.41) is 0.829. The molecule has 3 heteroatoms. The van der Waals surface area contributed by atoms with Crippen LogP contribution in [0.4, 0.5) is 0 Å². The molecule has 0 heterocycles. The van der Waals surface area contributed by atoms with Crippen molar-refractivity contribution in [3.63, 3.8) is 0 Å². The Morgan fingerprint density at radius 1 is 1.06 bits per heavy atom. The van der Waals surface area contributed by atoms with Crippen LogP contribution in [0.3, 0.4) is 0 Å². The first-order valence-corrected chi connectivity index (χ1v) is 6.81. The highest BCUT2D eigenvalue weighted by Gasteiger charge is 2.01. The van der Waals surface area contributed by atoms with Gasteiger partial charge in [0.2, 0.25) is 0 Å². The van der Waals surface area contributed by atoms with Crippen LogP contribution in [-0.2, 0) is 12.3 Å². The van der Waals surface area contributed by atoms with E-state index in [1.807, 2.05) is 30.3 Å². The van der Waals surface area contributed by atoms with Gasteiger partial charge in [0.15, 0.2) is 0 Å². The van der Waals surface area contributed by atoms with Gasteiger partial charge in [-0.1, -0.05) is 41.9 Å². The highest BCUT2D eigenvalue weighted by atomic mass is 35.5. The minimum atomic E-state index is 0.584. The van der Waals surface area contributed by atoms with E-state index < -0.39 is 0 Å². The van der Waals surface area contributed by atoms with Crippen LogP contribution in [0.1, 0.15) is 11.1 Å². The Morgan fingerprint density at radius 2 is 1.88 bits per heavy atom. The van der Waals surface area contributed by atoms with Gasteiger partial charge >= 0.3 is 0 Å². The van der Waals surface area contributed by atoms with Crippen molar-refractivity contribution in [2.45, 2.75) is 17.2 Å². The molecule has 0 aliphatic rings. The standard InChI is InChI=1S/C14H14ClNS/c15-14-7-2-1-5-12(14)10-17-13-6-3-4-11(8-13)9-16/h1-8H,9-10,16H2. The molecule has 0 amide bonds. The van der Waals surface area contributed by atoms with Crippen molar-refractivity contribution in [3.8, 4) is 0 Å². The van der Waals surface area contributed by atoms with Gasteiger partial charge in [-0.2, -0.15) is 0 Å². The van der Waals surface area contributed by atoms with Crippen molar-refractivity contribution in [2.75, 3.05) is 0 Å². The average molecular weight is 264 g/mol.